The molecule has 2 fully saturated rings. The summed E-state index contributed by atoms with van der Waals surface area (Å²) in [5.41, 5.74) is 0.425. The number of carbonyl (C=O) groups is 3. The maximum atomic E-state index is 12.9. The van der Waals surface area contributed by atoms with Crippen molar-refractivity contribution >= 4 is 23.4 Å². The Morgan fingerprint density at radius 3 is 2.21 bits per heavy atom. The van der Waals surface area contributed by atoms with Crippen molar-refractivity contribution in [3.63, 3.8) is 0 Å². The molecule has 6 heteroatoms. The van der Waals surface area contributed by atoms with Gasteiger partial charge in [-0.3, -0.25) is 19.3 Å². The summed E-state index contributed by atoms with van der Waals surface area (Å²) in [4.78, 5) is 38.9. The number of amides is 3. The highest BCUT2D eigenvalue weighted by atomic mass is 19.1. The molecule has 1 aromatic rings. The molecule has 1 saturated heterocycles. The van der Waals surface area contributed by atoms with E-state index in [1.807, 2.05) is 12.2 Å². The second-order valence-corrected chi connectivity index (χ2v) is 6.72. The summed E-state index contributed by atoms with van der Waals surface area (Å²) in [6.07, 6.45) is 4.89. The third-order valence-corrected chi connectivity index (χ3v) is 5.38. The van der Waals surface area contributed by atoms with Crippen LogP contribution < -0.4 is 5.32 Å². The second-order valence-electron chi connectivity index (χ2n) is 6.72. The maximum absolute atomic E-state index is 12.9. The van der Waals surface area contributed by atoms with E-state index in [-0.39, 0.29) is 35.5 Å². The fraction of sp³-hybridized carbons (Fsp3) is 0.389. The minimum atomic E-state index is -0.889. The van der Waals surface area contributed by atoms with Gasteiger partial charge >= 0.3 is 0 Å². The number of halogens is 1. The van der Waals surface area contributed by atoms with Crippen molar-refractivity contribution in [3.05, 3.63) is 42.2 Å². The highest BCUT2D eigenvalue weighted by molar-refractivity contribution is 6.10. The molecule has 1 N–H and O–H groups in total. The van der Waals surface area contributed by atoms with Gasteiger partial charge in [0.1, 0.15) is 11.9 Å². The lowest BCUT2D eigenvalue weighted by Crippen LogP contribution is -2.46. The molecule has 0 aromatic heterocycles. The quantitative estimate of drug-likeness (QED) is 0.681. The molecule has 0 unspecified atom stereocenters. The molecule has 2 aliphatic carbocycles. The number of anilines is 1. The van der Waals surface area contributed by atoms with E-state index in [1.165, 1.54) is 24.3 Å². The number of nitrogens with zero attached hydrogens (tertiary/aromatic N) is 1. The molecule has 124 valence electrons. The minimum Gasteiger partial charge on any atom is -0.324 e. The van der Waals surface area contributed by atoms with Crippen LogP contribution in [0.5, 0.6) is 0 Å². The van der Waals surface area contributed by atoms with Crippen LogP contribution in [0.25, 0.3) is 0 Å². The first kappa shape index (κ1) is 15.1. The Balaban J connectivity index is 1.51. The van der Waals surface area contributed by atoms with Crippen LogP contribution in [0.1, 0.15) is 13.3 Å². The van der Waals surface area contributed by atoms with Gasteiger partial charge in [0.05, 0.1) is 11.8 Å². The molecule has 1 saturated carbocycles. The molecule has 1 aliphatic heterocycles. The van der Waals surface area contributed by atoms with Crippen molar-refractivity contribution < 1.29 is 18.8 Å². The molecule has 5 nitrogen and oxygen atoms in total. The monoisotopic (exact) mass is 328 g/mol. The van der Waals surface area contributed by atoms with E-state index < -0.39 is 17.8 Å². The minimum absolute atomic E-state index is 0.119. The number of benzene rings is 1. The summed E-state index contributed by atoms with van der Waals surface area (Å²) in [7, 11) is 0. The topological polar surface area (TPSA) is 66.5 Å². The molecule has 3 aliphatic rings. The van der Waals surface area contributed by atoms with Crippen molar-refractivity contribution in [2.45, 2.75) is 19.4 Å². The summed E-state index contributed by atoms with van der Waals surface area (Å²) in [5.74, 6) is -1.73. The van der Waals surface area contributed by atoms with E-state index in [2.05, 4.69) is 5.32 Å². The van der Waals surface area contributed by atoms with E-state index in [9.17, 15) is 18.8 Å². The Hall–Kier alpha value is -2.50. The van der Waals surface area contributed by atoms with Crippen LogP contribution in [0.2, 0.25) is 0 Å². The van der Waals surface area contributed by atoms with Gasteiger partial charge in [-0.15, -0.1) is 0 Å². The summed E-state index contributed by atoms with van der Waals surface area (Å²) in [5, 5.41) is 2.62. The SMILES string of the molecule is C[C@H](C(=O)Nc1ccc(F)cc1)N1C(=O)[C@@H]2[C@H](C1=O)[C@H]1C=C[C@H]2C1. The number of hydrogen-bond acceptors (Lipinski definition) is 3. The normalized spacial score (nSPS) is 31.5. The first-order valence-corrected chi connectivity index (χ1v) is 8.09. The van der Waals surface area contributed by atoms with Crippen molar-refractivity contribution in [2.75, 3.05) is 5.32 Å². The zero-order valence-corrected chi connectivity index (χ0v) is 13.1. The number of hydrogen-bond donors (Lipinski definition) is 1. The van der Waals surface area contributed by atoms with Crippen LogP contribution in [0.3, 0.4) is 0 Å². The standard InChI is InChI=1S/C18H17FN2O3/c1-9(16(22)20-13-6-4-12(19)5-7-13)21-17(23)14-10-2-3-11(8-10)15(14)18(21)24/h2-7,9-11,14-15H,8H2,1H3,(H,20,22)/t9-,10+,11+,14-,15+/m1/s1. The average Bonchev–Trinajstić information content (AvgIpc) is 3.23. The maximum Gasteiger partial charge on any atom is 0.247 e. The number of allylic oxidation sites excluding steroid dienone is 2. The van der Waals surface area contributed by atoms with Crippen molar-refractivity contribution in [1.29, 1.82) is 0 Å². The van der Waals surface area contributed by atoms with Crippen molar-refractivity contribution in [1.82, 2.24) is 4.90 Å². The third kappa shape index (κ3) is 2.09. The smallest absolute Gasteiger partial charge is 0.247 e. The predicted octanol–water partition coefficient (Wildman–Crippen LogP) is 1.96. The zero-order chi connectivity index (χ0) is 17.0. The van der Waals surface area contributed by atoms with E-state index in [1.54, 1.807) is 6.92 Å². The van der Waals surface area contributed by atoms with Gasteiger partial charge in [-0.1, -0.05) is 12.2 Å². The van der Waals surface area contributed by atoms with E-state index in [0.717, 1.165) is 11.3 Å². The molecule has 0 radical (unpaired) electrons. The van der Waals surface area contributed by atoms with Crippen LogP contribution in [-0.2, 0) is 14.4 Å². The average molecular weight is 328 g/mol. The first-order chi connectivity index (χ1) is 11.5. The van der Waals surface area contributed by atoms with Crippen molar-refractivity contribution in [3.8, 4) is 0 Å². The predicted molar refractivity (Wildman–Crippen MR) is 84.1 cm³/mol. The molecule has 24 heavy (non-hydrogen) atoms. The Bertz CT molecular complexity index is 728. The number of fused-ring (bicyclic) bond motifs is 5. The molecule has 1 heterocycles. The molecule has 2 bridgehead atoms. The Labute approximate surface area is 138 Å². The molecule has 4 rings (SSSR count). The van der Waals surface area contributed by atoms with Gasteiger partial charge in [0.25, 0.3) is 0 Å². The van der Waals surface area contributed by atoms with Crippen LogP contribution in [-0.4, -0.2) is 28.7 Å². The van der Waals surface area contributed by atoms with E-state index in [4.69, 9.17) is 0 Å². The Kier molecular flexibility index (Phi) is 3.30. The van der Waals surface area contributed by atoms with Gasteiger partial charge in [-0.2, -0.15) is 0 Å². The number of imide groups is 1. The van der Waals surface area contributed by atoms with Crippen LogP contribution in [0, 0.1) is 29.5 Å². The highest BCUT2D eigenvalue weighted by Crippen LogP contribution is 2.52. The lowest BCUT2D eigenvalue weighted by molar-refractivity contribution is -0.146. The third-order valence-electron chi connectivity index (χ3n) is 5.38. The lowest BCUT2D eigenvalue weighted by Gasteiger charge is -2.23. The fourth-order valence-electron chi connectivity index (χ4n) is 4.20. The molecular formula is C18H17FN2O3. The molecule has 0 spiro atoms. The largest absolute Gasteiger partial charge is 0.324 e. The summed E-state index contributed by atoms with van der Waals surface area (Å²) < 4.78 is 12.9. The van der Waals surface area contributed by atoms with E-state index >= 15 is 0 Å². The number of nitrogens with one attached hydrogen (secondary N) is 1. The Morgan fingerprint density at radius 2 is 1.67 bits per heavy atom. The fourth-order valence-corrected chi connectivity index (χ4v) is 4.20. The molecule has 1 aromatic carbocycles. The number of rotatable bonds is 3. The van der Waals surface area contributed by atoms with E-state index in [0.29, 0.717) is 5.69 Å². The lowest BCUT2D eigenvalue weighted by atomic mass is 9.85. The van der Waals surface area contributed by atoms with Crippen LogP contribution in [0.15, 0.2) is 36.4 Å². The first-order valence-electron chi connectivity index (χ1n) is 8.09. The van der Waals surface area contributed by atoms with Gasteiger partial charge in [0.15, 0.2) is 0 Å². The number of likely N-dealkylation sites (tertiary alicyclic amines) is 1. The second kappa shape index (κ2) is 5.26. The Morgan fingerprint density at radius 1 is 1.12 bits per heavy atom. The van der Waals surface area contributed by atoms with Gasteiger partial charge < -0.3 is 5.32 Å². The zero-order valence-electron chi connectivity index (χ0n) is 13.1. The molecule has 5 atom stereocenters. The summed E-state index contributed by atoms with van der Waals surface area (Å²) >= 11 is 0. The molecule has 3 amide bonds. The summed E-state index contributed by atoms with van der Waals surface area (Å²) in [6, 6.07) is 4.46. The number of carbonyl (C=O) groups excluding carboxylic acids is 3. The highest BCUT2D eigenvalue weighted by Gasteiger charge is 2.60. The van der Waals surface area contributed by atoms with Gasteiger partial charge in [0, 0.05) is 5.69 Å². The van der Waals surface area contributed by atoms with Crippen molar-refractivity contribution in [2.24, 2.45) is 23.7 Å². The molecular weight excluding hydrogens is 311 g/mol. The van der Waals surface area contributed by atoms with Gasteiger partial charge in [-0.05, 0) is 49.4 Å². The van der Waals surface area contributed by atoms with Gasteiger partial charge in [0.2, 0.25) is 17.7 Å². The van der Waals surface area contributed by atoms with Crippen LogP contribution in [0.4, 0.5) is 10.1 Å². The van der Waals surface area contributed by atoms with Gasteiger partial charge in [-0.25, -0.2) is 4.39 Å². The summed E-state index contributed by atoms with van der Waals surface area (Å²) in [6.45, 7) is 1.55. The van der Waals surface area contributed by atoms with Crippen LogP contribution >= 0.6 is 0 Å².